The third kappa shape index (κ3) is 3.25. The van der Waals surface area contributed by atoms with Crippen LogP contribution in [0, 0.1) is 0 Å². The summed E-state index contributed by atoms with van der Waals surface area (Å²) < 4.78 is 9.41. The number of nitrogens with two attached hydrogens (primary N) is 1. The Hall–Kier alpha value is -1.95. The van der Waals surface area contributed by atoms with Gasteiger partial charge in [0.25, 0.3) is 0 Å². The molecule has 6 nitrogen and oxygen atoms in total. The number of ether oxygens (including phenoxy) is 2. The van der Waals surface area contributed by atoms with E-state index in [4.69, 9.17) is 10.5 Å². The lowest BCUT2D eigenvalue weighted by Crippen LogP contribution is -2.33. The summed E-state index contributed by atoms with van der Waals surface area (Å²) in [6.45, 7) is 0. The summed E-state index contributed by atoms with van der Waals surface area (Å²) in [5.74, 6) is -0.260. The number of esters is 1. The molecular formula is C11H14N2O4. The molecular weight excluding hydrogens is 224 g/mol. The van der Waals surface area contributed by atoms with E-state index in [1.165, 1.54) is 20.4 Å². The third-order valence-electron chi connectivity index (χ3n) is 2.22. The molecule has 0 amide bonds. The van der Waals surface area contributed by atoms with Crippen LogP contribution in [0.5, 0.6) is 5.88 Å². The van der Waals surface area contributed by atoms with E-state index in [9.17, 15) is 9.59 Å². The first-order valence-corrected chi connectivity index (χ1v) is 4.93. The van der Waals surface area contributed by atoms with Gasteiger partial charge in [-0.25, -0.2) is 4.98 Å². The Morgan fingerprint density at radius 1 is 1.59 bits per heavy atom. The second-order valence-electron chi connectivity index (χ2n) is 3.39. The molecule has 0 radical (unpaired) electrons. The molecule has 6 heteroatoms. The van der Waals surface area contributed by atoms with Gasteiger partial charge in [0.2, 0.25) is 5.88 Å². The number of hydrogen-bond donors (Lipinski definition) is 1. The molecule has 92 valence electrons. The van der Waals surface area contributed by atoms with Crippen LogP contribution < -0.4 is 10.5 Å². The number of aromatic nitrogens is 1. The number of carbonyl (C=O) groups excluding carboxylic acids is 2. The highest BCUT2D eigenvalue weighted by atomic mass is 16.5. The van der Waals surface area contributed by atoms with Crippen LogP contribution in [-0.4, -0.2) is 37.5 Å². The van der Waals surface area contributed by atoms with Gasteiger partial charge in [0.1, 0.15) is 6.04 Å². The molecule has 0 aliphatic rings. The molecule has 1 heterocycles. The van der Waals surface area contributed by atoms with E-state index in [1.807, 2.05) is 0 Å². The quantitative estimate of drug-likeness (QED) is 0.571. The lowest BCUT2D eigenvalue weighted by molar-refractivity contribution is -0.142. The molecule has 0 fully saturated rings. The highest BCUT2D eigenvalue weighted by Crippen LogP contribution is 2.14. The number of pyridine rings is 1. The van der Waals surface area contributed by atoms with Gasteiger partial charge in [0.05, 0.1) is 19.8 Å². The first kappa shape index (κ1) is 13.1. The molecule has 0 aliphatic carbocycles. The zero-order chi connectivity index (χ0) is 12.8. The van der Waals surface area contributed by atoms with Gasteiger partial charge in [-0.1, -0.05) is 0 Å². The zero-order valence-corrected chi connectivity index (χ0v) is 9.67. The number of nitrogens with zero attached hydrogens (tertiary/aromatic N) is 1. The van der Waals surface area contributed by atoms with Crippen molar-refractivity contribution in [2.45, 2.75) is 12.5 Å². The van der Waals surface area contributed by atoms with Gasteiger partial charge in [-0.3, -0.25) is 9.59 Å². The minimum atomic E-state index is -0.769. The van der Waals surface area contributed by atoms with Crippen molar-refractivity contribution in [3.8, 4) is 5.88 Å². The van der Waals surface area contributed by atoms with Crippen molar-refractivity contribution in [1.29, 1.82) is 0 Å². The molecule has 17 heavy (non-hydrogen) atoms. The number of carbonyl (C=O) groups is 2. The normalized spacial score (nSPS) is 11.7. The summed E-state index contributed by atoms with van der Waals surface area (Å²) in [5, 5.41) is 0. The Labute approximate surface area is 98.7 Å². The second kappa shape index (κ2) is 5.95. The first-order valence-electron chi connectivity index (χ1n) is 4.93. The number of aldehydes is 1. The molecule has 0 aromatic carbocycles. The molecule has 0 bridgehead atoms. The molecule has 2 N–H and O–H groups in total. The van der Waals surface area contributed by atoms with Crippen LogP contribution in [0.2, 0.25) is 0 Å². The summed E-state index contributed by atoms with van der Waals surface area (Å²) in [6, 6.07) is 0.816. The van der Waals surface area contributed by atoms with E-state index < -0.39 is 12.0 Å². The second-order valence-corrected chi connectivity index (χ2v) is 3.39. The van der Waals surface area contributed by atoms with Crippen LogP contribution in [0.15, 0.2) is 12.3 Å². The fourth-order valence-electron chi connectivity index (χ4n) is 1.37. The van der Waals surface area contributed by atoms with Crippen molar-refractivity contribution in [1.82, 2.24) is 4.98 Å². The monoisotopic (exact) mass is 238 g/mol. The third-order valence-corrected chi connectivity index (χ3v) is 2.22. The molecule has 0 saturated heterocycles. The van der Waals surface area contributed by atoms with E-state index >= 15 is 0 Å². The van der Waals surface area contributed by atoms with Crippen molar-refractivity contribution in [3.05, 3.63) is 23.4 Å². The highest BCUT2D eigenvalue weighted by molar-refractivity contribution is 5.79. The van der Waals surface area contributed by atoms with Crippen LogP contribution in [0.4, 0.5) is 0 Å². The van der Waals surface area contributed by atoms with Gasteiger partial charge in [0, 0.05) is 6.20 Å². The van der Waals surface area contributed by atoms with Crippen LogP contribution in [-0.2, 0) is 16.0 Å². The lowest BCUT2D eigenvalue weighted by Gasteiger charge is -2.10. The van der Waals surface area contributed by atoms with E-state index in [-0.39, 0.29) is 12.3 Å². The molecule has 0 aliphatic heterocycles. The van der Waals surface area contributed by atoms with E-state index in [1.54, 1.807) is 6.07 Å². The standard InChI is InChI=1S/C11H14N2O4/c1-16-10-8(6-14)3-7(5-13-10)4-9(12)11(15)17-2/h3,5-6,9H,4,12H2,1-2H3/t9-/m1/s1. The van der Waals surface area contributed by atoms with E-state index in [0.717, 1.165) is 0 Å². The van der Waals surface area contributed by atoms with Gasteiger partial charge in [-0.05, 0) is 18.1 Å². The summed E-state index contributed by atoms with van der Waals surface area (Å²) in [4.78, 5) is 25.8. The molecule has 1 atom stereocenters. The fraction of sp³-hybridized carbons (Fsp3) is 0.364. The van der Waals surface area contributed by atoms with Crippen molar-refractivity contribution >= 4 is 12.3 Å². The lowest BCUT2D eigenvalue weighted by atomic mass is 10.1. The van der Waals surface area contributed by atoms with Gasteiger partial charge in [-0.15, -0.1) is 0 Å². The zero-order valence-electron chi connectivity index (χ0n) is 9.67. The van der Waals surface area contributed by atoms with Gasteiger partial charge in [-0.2, -0.15) is 0 Å². The van der Waals surface area contributed by atoms with Crippen LogP contribution in [0.3, 0.4) is 0 Å². The Morgan fingerprint density at radius 3 is 2.82 bits per heavy atom. The Kier molecular flexibility index (Phi) is 4.59. The average molecular weight is 238 g/mol. The average Bonchev–Trinajstić information content (AvgIpc) is 2.37. The highest BCUT2D eigenvalue weighted by Gasteiger charge is 2.15. The van der Waals surface area contributed by atoms with Crippen molar-refractivity contribution < 1.29 is 19.1 Å². The summed E-state index contributed by atoms with van der Waals surface area (Å²) in [6.07, 6.45) is 2.40. The number of rotatable bonds is 5. The first-order chi connectivity index (χ1) is 8.12. The van der Waals surface area contributed by atoms with E-state index in [0.29, 0.717) is 17.4 Å². The minimum absolute atomic E-state index is 0.246. The van der Waals surface area contributed by atoms with Gasteiger partial charge < -0.3 is 15.2 Å². The number of methoxy groups -OCH3 is 2. The summed E-state index contributed by atoms with van der Waals surface area (Å²) in [7, 11) is 2.69. The van der Waals surface area contributed by atoms with Crippen molar-refractivity contribution in [2.75, 3.05) is 14.2 Å². The SMILES string of the molecule is COC(=O)[C@H](N)Cc1cnc(OC)c(C=O)c1. The largest absolute Gasteiger partial charge is 0.480 e. The summed E-state index contributed by atoms with van der Waals surface area (Å²) in [5.41, 5.74) is 6.59. The fourth-order valence-corrected chi connectivity index (χ4v) is 1.37. The maximum atomic E-state index is 11.1. The molecule has 1 aromatic rings. The predicted molar refractivity (Wildman–Crippen MR) is 59.9 cm³/mol. The molecule has 1 aromatic heterocycles. The van der Waals surface area contributed by atoms with Gasteiger partial charge >= 0.3 is 5.97 Å². The minimum Gasteiger partial charge on any atom is -0.480 e. The Morgan fingerprint density at radius 2 is 2.29 bits per heavy atom. The maximum Gasteiger partial charge on any atom is 0.322 e. The topological polar surface area (TPSA) is 91.5 Å². The predicted octanol–water partition coefficient (Wildman–Crippen LogP) is -0.0545. The van der Waals surface area contributed by atoms with E-state index in [2.05, 4.69) is 9.72 Å². The van der Waals surface area contributed by atoms with Gasteiger partial charge in [0.15, 0.2) is 6.29 Å². The molecule has 0 spiro atoms. The van der Waals surface area contributed by atoms with Crippen molar-refractivity contribution in [3.63, 3.8) is 0 Å². The Bertz CT molecular complexity index is 420. The smallest absolute Gasteiger partial charge is 0.322 e. The van der Waals surface area contributed by atoms with Crippen LogP contribution >= 0.6 is 0 Å². The van der Waals surface area contributed by atoms with Crippen LogP contribution in [0.25, 0.3) is 0 Å². The molecule has 1 rings (SSSR count). The molecule has 0 unspecified atom stereocenters. The number of hydrogen-bond acceptors (Lipinski definition) is 6. The summed E-state index contributed by atoms with van der Waals surface area (Å²) >= 11 is 0. The Balaban J connectivity index is 2.86. The molecule has 0 saturated carbocycles. The van der Waals surface area contributed by atoms with Crippen LogP contribution in [0.1, 0.15) is 15.9 Å². The van der Waals surface area contributed by atoms with Crippen molar-refractivity contribution in [2.24, 2.45) is 5.73 Å². The maximum absolute atomic E-state index is 11.1.